The third kappa shape index (κ3) is 5.07. The number of rotatable bonds is 8. The predicted molar refractivity (Wildman–Crippen MR) is 109 cm³/mol. The number of benzene rings is 2. The van der Waals surface area contributed by atoms with Crippen LogP contribution in [-0.4, -0.2) is 35.2 Å². The van der Waals surface area contributed by atoms with Crippen LogP contribution in [0.3, 0.4) is 0 Å². The number of amidine groups is 1. The molecule has 30 heavy (non-hydrogen) atoms. The van der Waals surface area contributed by atoms with Crippen LogP contribution in [0.5, 0.6) is 11.5 Å². The van der Waals surface area contributed by atoms with Crippen LogP contribution in [0.1, 0.15) is 18.1 Å². The van der Waals surface area contributed by atoms with Gasteiger partial charge in [0.2, 0.25) is 0 Å². The molecule has 0 bridgehead atoms. The van der Waals surface area contributed by atoms with Crippen LogP contribution in [0.15, 0.2) is 59.6 Å². The summed E-state index contributed by atoms with van der Waals surface area (Å²) >= 11 is 0. The van der Waals surface area contributed by atoms with Crippen molar-refractivity contribution >= 4 is 23.7 Å². The molecule has 1 aliphatic heterocycles. The first-order valence-electron chi connectivity index (χ1n) is 9.16. The summed E-state index contributed by atoms with van der Waals surface area (Å²) in [7, 11) is 0. The van der Waals surface area contributed by atoms with E-state index in [4.69, 9.17) is 9.47 Å². The third-order valence-corrected chi connectivity index (χ3v) is 4.11. The van der Waals surface area contributed by atoms with Crippen molar-refractivity contribution in [2.75, 3.05) is 6.61 Å². The second-order valence-corrected chi connectivity index (χ2v) is 6.26. The van der Waals surface area contributed by atoms with E-state index in [1.54, 1.807) is 24.3 Å². The summed E-state index contributed by atoms with van der Waals surface area (Å²) in [6.45, 7) is 2.68. The van der Waals surface area contributed by atoms with Gasteiger partial charge in [0, 0.05) is 4.92 Å². The Labute approximate surface area is 172 Å². The Balaban J connectivity index is 1.74. The molecule has 0 saturated carbocycles. The van der Waals surface area contributed by atoms with Crippen molar-refractivity contribution in [1.82, 2.24) is 5.32 Å². The molecule has 0 aromatic heterocycles. The molecule has 1 atom stereocenters. The number of nitro groups is 1. The minimum atomic E-state index is -2.01. The second kappa shape index (κ2) is 9.46. The average molecular weight is 409 g/mol. The molecule has 1 N–H and O–H groups in total. The first-order valence-corrected chi connectivity index (χ1v) is 9.16. The van der Waals surface area contributed by atoms with Crippen LogP contribution < -0.4 is 14.8 Å². The molecule has 0 radical (unpaired) electrons. The first-order chi connectivity index (χ1) is 14.5. The highest BCUT2D eigenvalue weighted by Gasteiger charge is 2.41. The van der Waals surface area contributed by atoms with E-state index in [9.17, 15) is 19.7 Å². The van der Waals surface area contributed by atoms with Gasteiger partial charge in [-0.3, -0.25) is 19.7 Å². The van der Waals surface area contributed by atoms with Gasteiger partial charge in [-0.05, 0) is 36.3 Å². The molecular formula is C21H19N3O6. The molecular weight excluding hydrogens is 390 g/mol. The summed E-state index contributed by atoms with van der Waals surface area (Å²) in [6.07, 6.45) is 2.99. The highest BCUT2D eigenvalue weighted by Crippen LogP contribution is 2.29. The van der Waals surface area contributed by atoms with E-state index in [1.807, 2.05) is 37.3 Å². The monoisotopic (exact) mass is 409 g/mol. The lowest BCUT2D eigenvalue weighted by Gasteiger charge is -2.13. The normalized spacial score (nSPS) is 16.2. The van der Waals surface area contributed by atoms with Gasteiger partial charge >= 0.3 is 17.9 Å². The summed E-state index contributed by atoms with van der Waals surface area (Å²) < 4.78 is 11.5. The number of amides is 2. The Hall–Kier alpha value is -4.01. The molecule has 1 heterocycles. The van der Waals surface area contributed by atoms with Gasteiger partial charge in [0.05, 0.1) is 6.61 Å². The topological polar surface area (TPSA) is 120 Å². The Morgan fingerprint density at radius 3 is 2.53 bits per heavy atom. The molecule has 3 rings (SSSR count). The number of ether oxygens (including phenoxy) is 2. The van der Waals surface area contributed by atoms with E-state index in [0.717, 1.165) is 5.56 Å². The lowest BCUT2D eigenvalue weighted by molar-refractivity contribution is -0.493. The van der Waals surface area contributed by atoms with Crippen LogP contribution >= 0.6 is 0 Å². The molecule has 2 aromatic carbocycles. The van der Waals surface area contributed by atoms with Crippen molar-refractivity contribution in [1.29, 1.82) is 0 Å². The number of carbonyl (C=O) groups excluding carboxylic acids is 2. The van der Waals surface area contributed by atoms with Crippen LogP contribution in [0.4, 0.5) is 0 Å². The number of nitrogens with zero attached hydrogens (tertiary/aromatic N) is 2. The van der Waals surface area contributed by atoms with E-state index < -0.39 is 22.8 Å². The lowest BCUT2D eigenvalue weighted by atomic mass is 10.1. The molecule has 9 heteroatoms. The smallest absolute Gasteiger partial charge is 0.368 e. The molecule has 9 nitrogen and oxygen atoms in total. The maximum atomic E-state index is 11.7. The van der Waals surface area contributed by atoms with E-state index in [0.29, 0.717) is 30.3 Å². The van der Waals surface area contributed by atoms with Gasteiger partial charge in [-0.2, -0.15) is 4.99 Å². The molecule has 0 fully saturated rings. The molecule has 2 aromatic rings. The molecule has 154 valence electrons. The van der Waals surface area contributed by atoms with Gasteiger partial charge in [0.1, 0.15) is 12.4 Å². The van der Waals surface area contributed by atoms with Crippen LogP contribution in [0.25, 0.3) is 6.08 Å². The van der Waals surface area contributed by atoms with Crippen molar-refractivity contribution in [3.05, 3.63) is 75.8 Å². The van der Waals surface area contributed by atoms with Crippen molar-refractivity contribution in [2.45, 2.75) is 19.6 Å². The second-order valence-electron chi connectivity index (χ2n) is 6.26. The number of hydrogen-bond acceptors (Lipinski definition) is 6. The molecule has 1 unspecified atom stereocenters. The SMILES string of the molecule is CCOc1cc(/C=C/C2=NC(=O)C([N+](=O)[O-])C(=O)N2)ccc1OCc1ccccc1. The number of aliphatic imine (C=N–C) groups is 1. The fourth-order valence-corrected chi connectivity index (χ4v) is 2.71. The van der Waals surface area contributed by atoms with E-state index in [1.165, 1.54) is 6.08 Å². The van der Waals surface area contributed by atoms with Crippen LogP contribution in [-0.2, 0) is 16.2 Å². The summed E-state index contributed by atoms with van der Waals surface area (Å²) in [5.74, 6) is -1.08. The molecule has 1 aliphatic rings. The molecule has 0 aliphatic carbocycles. The summed E-state index contributed by atoms with van der Waals surface area (Å²) in [5.41, 5.74) is 1.72. The van der Waals surface area contributed by atoms with Crippen LogP contribution in [0, 0.1) is 10.1 Å². The van der Waals surface area contributed by atoms with Gasteiger partial charge in [-0.25, -0.2) is 0 Å². The zero-order chi connectivity index (χ0) is 21.5. The minimum absolute atomic E-state index is 0.0644. The maximum Gasteiger partial charge on any atom is 0.368 e. The third-order valence-electron chi connectivity index (χ3n) is 4.11. The lowest BCUT2D eigenvalue weighted by Crippen LogP contribution is -2.50. The Morgan fingerprint density at radius 2 is 1.87 bits per heavy atom. The fraction of sp³-hybridized carbons (Fsp3) is 0.190. The molecule has 0 saturated heterocycles. The first kappa shape index (κ1) is 20.7. The van der Waals surface area contributed by atoms with E-state index in [-0.39, 0.29) is 5.84 Å². The maximum absolute atomic E-state index is 11.7. The van der Waals surface area contributed by atoms with Crippen LogP contribution in [0.2, 0.25) is 0 Å². The molecule has 2 amide bonds. The van der Waals surface area contributed by atoms with Gasteiger partial charge in [-0.15, -0.1) is 0 Å². The summed E-state index contributed by atoms with van der Waals surface area (Å²) in [6, 6.07) is 13.0. The zero-order valence-electron chi connectivity index (χ0n) is 16.1. The summed E-state index contributed by atoms with van der Waals surface area (Å²) in [5, 5.41) is 13.0. The Bertz CT molecular complexity index is 1020. The number of carbonyl (C=O) groups is 2. The minimum Gasteiger partial charge on any atom is -0.490 e. The number of hydrogen-bond donors (Lipinski definition) is 1. The van der Waals surface area contributed by atoms with Crippen molar-refractivity contribution in [3.63, 3.8) is 0 Å². The predicted octanol–water partition coefficient (Wildman–Crippen LogP) is 2.38. The number of nitrogens with one attached hydrogen (secondary N) is 1. The summed E-state index contributed by atoms with van der Waals surface area (Å²) in [4.78, 5) is 36.7. The Morgan fingerprint density at radius 1 is 1.10 bits per heavy atom. The fourth-order valence-electron chi connectivity index (χ4n) is 2.71. The average Bonchev–Trinajstić information content (AvgIpc) is 2.72. The highest BCUT2D eigenvalue weighted by atomic mass is 16.6. The Kier molecular flexibility index (Phi) is 6.53. The standard InChI is InChI=1S/C21H19N3O6/c1-2-29-17-12-14(8-10-16(17)30-13-15-6-4-3-5-7-15)9-11-18-22-20(25)19(24(27)28)21(26)23-18/h3-12,19H,2,13H2,1H3,(H,22,23,25,26)/b11-9+. The van der Waals surface area contributed by atoms with Crippen molar-refractivity contribution < 1.29 is 24.0 Å². The van der Waals surface area contributed by atoms with Gasteiger partial charge in [0.25, 0.3) is 0 Å². The quantitative estimate of drug-likeness (QED) is 0.406. The van der Waals surface area contributed by atoms with Crippen molar-refractivity contribution in [3.8, 4) is 11.5 Å². The zero-order valence-corrected chi connectivity index (χ0v) is 16.1. The largest absolute Gasteiger partial charge is 0.490 e. The van der Waals surface area contributed by atoms with Gasteiger partial charge in [0.15, 0.2) is 11.5 Å². The highest BCUT2D eigenvalue weighted by molar-refractivity contribution is 6.21. The van der Waals surface area contributed by atoms with Crippen molar-refractivity contribution in [2.24, 2.45) is 4.99 Å². The van der Waals surface area contributed by atoms with E-state index >= 15 is 0 Å². The molecule has 0 spiro atoms. The van der Waals surface area contributed by atoms with E-state index in [2.05, 4.69) is 10.3 Å². The van der Waals surface area contributed by atoms with Gasteiger partial charge < -0.3 is 14.8 Å². The van der Waals surface area contributed by atoms with Gasteiger partial charge in [-0.1, -0.05) is 42.5 Å².